The van der Waals surface area contributed by atoms with Crippen LogP contribution in [0, 0.1) is 0 Å². The summed E-state index contributed by atoms with van der Waals surface area (Å²) in [7, 11) is 0. The molecule has 2 nitrogen and oxygen atoms in total. The summed E-state index contributed by atoms with van der Waals surface area (Å²) in [5.41, 5.74) is 1.33. The van der Waals surface area contributed by atoms with Crippen LogP contribution in [-0.2, 0) is 0 Å². The van der Waals surface area contributed by atoms with Gasteiger partial charge in [-0.25, -0.2) is 0 Å². The first-order chi connectivity index (χ1) is 8.69. The van der Waals surface area contributed by atoms with Crippen LogP contribution in [0.1, 0.15) is 38.8 Å². The molecule has 1 rings (SSSR count). The van der Waals surface area contributed by atoms with Crippen LogP contribution >= 0.6 is 15.9 Å². The fourth-order valence-electron chi connectivity index (χ4n) is 2.10. The predicted molar refractivity (Wildman–Crippen MR) is 83.0 cm³/mol. The maximum absolute atomic E-state index is 3.60. The molecule has 0 aliphatic carbocycles. The minimum Gasteiger partial charge on any atom is -0.310 e. The zero-order valence-electron chi connectivity index (χ0n) is 11.7. The Morgan fingerprint density at radius 2 is 1.89 bits per heavy atom. The third-order valence-corrected chi connectivity index (χ3v) is 4.09. The van der Waals surface area contributed by atoms with Gasteiger partial charge in [0.15, 0.2) is 0 Å². The van der Waals surface area contributed by atoms with Gasteiger partial charge in [-0.2, -0.15) is 0 Å². The molecule has 1 unspecified atom stereocenters. The molecule has 1 N–H and O–H groups in total. The van der Waals surface area contributed by atoms with Crippen LogP contribution in [0.4, 0.5) is 0 Å². The third-order valence-electron chi connectivity index (χ3n) is 3.37. The molecule has 0 aliphatic heterocycles. The fraction of sp³-hybridized carbons (Fsp3) is 0.600. The van der Waals surface area contributed by atoms with E-state index in [1.165, 1.54) is 23.0 Å². The number of rotatable bonds is 8. The number of hydrogen-bond donors (Lipinski definition) is 1. The number of benzene rings is 1. The molecule has 1 aromatic carbocycles. The second-order valence-electron chi connectivity index (χ2n) is 4.58. The van der Waals surface area contributed by atoms with Crippen LogP contribution in [-0.4, -0.2) is 31.1 Å². The molecule has 3 heteroatoms. The number of nitrogens with zero attached hydrogens (tertiary/aromatic N) is 1. The van der Waals surface area contributed by atoms with E-state index in [4.69, 9.17) is 0 Å². The Bertz CT molecular complexity index is 337. The summed E-state index contributed by atoms with van der Waals surface area (Å²) in [6.45, 7) is 11.2. The van der Waals surface area contributed by atoms with Crippen LogP contribution in [0.15, 0.2) is 28.7 Å². The molecule has 0 heterocycles. The quantitative estimate of drug-likeness (QED) is 0.734. The monoisotopic (exact) mass is 312 g/mol. The van der Waals surface area contributed by atoms with Gasteiger partial charge in [0.1, 0.15) is 0 Å². The van der Waals surface area contributed by atoms with Gasteiger partial charge in [0.05, 0.1) is 0 Å². The molecular formula is C15H25BrN2. The molecule has 0 saturated heterocycles. The molecule has 18 heavy (non-hydrogen) atoms. The second-order valence-corrected chi connectivity index (χ2v) is 5.43. The summed E-state index contributed by atoms with van der Waals surface area (Å²) in [6.07, 6.45) is 1.20. The Hall–Kier alpha value is -0.380. The van der Waals surface area contributed by atoms with Crippen molar-refractivity contribution < 1.29 is 0 Å². The lowest BCUT2D eigenvalue weighted by Crippen LogP contribution is -2.28. The Labute approximate surface area is 120 Å². The first kappa shape index (κ1) is 15.7. The van der Waals surface area contributed by atoms with E-state index >= 15 is 0 Å². The molecule has 0 aliphatic rings. The Morgan fingerprint density at radius 1 is 1.22 bits per heavy atom. The van der Waals surface area contributed by atoms with Crippen molar-refractivity contribution in [3.63, 3.8) is 0 Å². The van der Waals surface area contributed by atoms with Gasteiger partial charge in [-0.05, 0) is 51.2 Å². The standard InChI is InChI=1S/C15H25BrN2/c1-4-18(5-2)12-8-11-17-13(3)14-9-6-7-10-15(14)16/h6-7,9-10,13,17H,4-5,8,11-12H2,1-3H3. The van der Waals surface area contributed by atoms with E-state index in [1.54, 1.807) is 0 Å². The van der Waals surface area contributed by atoms with Gasteiger partial charge in [-0.15, -0.1) is 0 Å². The number of halogens is 1. The fourth-order valence-corrected chi connectivity index (χ4v) is 2.73. The van der Waals surface area contributed by atoms with Crippen molar-refractivity contribution in [2.24, 2.45) is 0 Å². The maximum atomic E-state index is 3.60. The molecule has 1 aromatic rings. The third kappa shape index (κ3) is 5.09. The highest BCUT2D eigenvalue weighted by molar-refractivity contribution is 9.10. The minimum absolute atomic E-state index is 0.400. The van der Waals surface area contributed by atoms with Gasteiger partial charge >= 0.3 is 0 Å². The maximum Gasteiger partial charge on any atom is 0.0302 e. The molecule has 102 valence electrons. The van der Waals surface area contributed by atoms with Crippen LogP contribution in [0.2, 0.25) is 0 Å². The summed E-state index contributed by atoms with van der Waals surface area (Å²) in [4.78, 5) is 2.46. The molecule has 0 spiro atoms. The summed E-state index contributed by atoms with van der Waals surface area (Å²) < 4.78 is 1.19. The number of nitrogens with one attached hydrogen (secondary N) is 1. The SMILES string of the molecule is CCN(CC)CCCNC(C)c1ccccc1Br. The summed E-state index contributed by atoms with van der Waals surface area (Å²) in [5.74, 6) is 0. The van der Waals surface area contributed by atoms with E-state index in [2.05, 4.69) is 71.2 Å². The highest BCUT2D eigenvalue weighted by Crippen LogP contribution is 2.22. The Balaban J connectivity index is 2.29. The first-order valence-electron chi connectivity index (χ1n) is 6.89. The van der Waals surface area contributed by atoms with E-state index < -0.39 is 0 Å². The van der Waals surface area contributed by atoms with Crippen molar-refractivity contribution in [3.05, 3.63) is 34.3 Å². The lowest BCUT2D eigenvalue weighted by molar-refractivity contribution is 0.296. The zero-order valence-corrected chi connectivity index (χ0v) is 13.3. The van der Waals surface area contributed by atoms with E-state index in [0.29, 0.717) is 6.04 Å². The highest BCUT2D eigenvalue weighted by Gasteiger charge is 2.07. The van der Waals surface area contributed by atoms with E-state index in [0.717, 1.165) is 19.6 Å². The smallest absolute Gasteiger partial charge is 0.0302 e. The Morgan fingerprint density at radius 3 is 2.50 bits per heavy atom. The van der Waals surface area contributed by atoms with Crippen molar-refractivity contribution in [2.45, 2.75) is 33.2 Å². The van der Waals surface area contributed by atoms with Gasteiger partial charge in [-0.3, -0.25) is 0 Å². The van der Waals surface area contributed by atoms with Gasteiger partial charge in [0, 0.05) is 10.5 Å². The topological polar surface area (TPSA) is 15.3 Å². The van der Waals surface area contributed by atoms with Crippen LogP contribution < -0.4 is 5.32 Å². The van der Waals surface area contributed by atoms with Crippen molar-refractivity contribution in [2.75, 3.05) is 26.2 Å². The van der Waals surface area contributed by atoms with Crippen molar-refractivity contribution in [1.29, 1.82) is 0 Å². The van der Waals surface area contributed by atoms with Gasteiger partial charge in [-0.1, -0.05) is 48.0 Å². The largest absolute Gasteiger partial charge is 0.310 e. The molecule has 0 bridgehead atoms. The Kier molecular flexibility index (Phi) is 7.56. The highest BCUT2D eigenvalue weighted by atomic mass is 79.9. The number of hydrogen-bond acceptors (Lipinski definition) is 2. The van der Waals surface area contributed by atoms with Crippen LogP contribution in [0.25, 0.3) is 0 Å². The van der Waals surface area contributed by atoms with Crippen LogP contribution in [0.5, 0.6) is 0 Å². The molecular weight excluding hydrogens is 288 g/mol. The second kappa shape index (κ2) is 8.68. The normalized spacial score (nSPS) is 12.9. The molecule has 0 amide bonds. The van der Waals surface area contributed by atoms with Crippen LogP contribution in [0.3, 0.4) is 0 Å². The van der Waals surface area contributed by atoms with Crippen molar-refractivity contribution in [1.82, 2.24) is 10.2 Å². The zero-order chi connectivity index (χ0) is 13.4. The summed E-state index contributed by atoms with van der Waals surface area (Å²) in [6, 6.07) is 8.82. The lowest BCUT2D eigenvalue weighted by atomic mass is 10.1. The van der Waals surface area contributed by atoms with Gasteiger partial charge in [0.25, 0.3) is 0 Å². The molecule has 0 saturated carbocycles. The van der Waals surface area contributed by atoms with E-state index in [9.17, 15) is 0 Å². The predicted octanol–water partition coefficient (Wildman–Crippen LogP) is 3.83. The molecule has 0 aromatic heterocycles. The average molecular weight is 313 g/mol. The average Bonchev–Trinajstić information content (AvgIpc) is 2.39. The van der Waals surface area contributed by atoms with Gasteiger partial charge in [0.2, 0.25) is 0 Å². The van der Waals surface area contributed by atoms with Crippen molar-refractivity contribution >= 4 is 15.9 Å². The van der Waals surface area contributed by atoms with E-state index in [1.807, 2.05) is 0 Å². The lowest BCUT2D eigenvalue weighted by Gasteiger charge is -2.19. The summed E-state index contributed by atoms with van der Waals surface area (Å²) in [5, 5.41) is 3.59. The van der Waals surface area contributed by atoms with E-state index in [-0.39, 0.29) is 0 Å². The molecule has 1 atom stereocenters. The minimum atomic E-state index is 0.400. The van der Waals surface area contributed by atoms with Gasteiger partial charge < -0.3 is 10.2 Å². The molecule has 0 fully saturated rings. The first-order valence-corrected chi connectivity index (χ1v) is 7.68. The molecule has 0 radical (unpaired) electrons. The summed E-state index contributed by atoms with van der Waals surface area (Å²) >= 11 is 3.60. The van der Waals surface area contributed by atoms with Crippen molar-refractivity contribution in [3.8, 4) is 0 Å².